The summed E-state index contributed by atoms with van der Waals surface area (Å²) in [6.07, 6.45) is 0. The average Bonchev–Trinajstić information content (AvgIpc) is 2.72. The number of aryl methyl sites for hydroxylation is 3. The molecule has 0 aliphatic carbocycles. The summed E-state index contributed by atoms with van der Waals surface area (Å²) in [5, 5.41) is 2.95. The van der Waals surface area contributed by atoms with Gasteiger partial charge in [-0.05, 0) is 69.2 Å². The van der Waals surface area contributed by atoms with Crippen molar-refractivity contribution in [3.05, 3.63) is 93.5 Å². The van der Waals surface area contributed by atoms with Crippen molar-refractivity contribution in [1.82, 2.24) is 5.32 Å². The molecular formula is C25H27BrN2O3S. The molecule has 0 aliphatic rings. The summed E-state index contributed by atoms with van der Waals surface area (Å²) in [6, 6.07) is 19.3. The van der Waals surface area contributed by atoms with Gasteiger partial charge in [-0.2, -0.15) is 0 Å². The fourth-order valence-electron chi connectivity index (χ4n) is 3.59. The Morgan fingerprint density at radius 2 is 1.62 bits per heavy atom. The molecule has 0 saturated heterocycles. The molecule has 0 fully saturated rings. The van der Waals surface area contributed by atoms with Crippen LogP contribution in [0.1, 0.15) is 35.2 Å². The number of halogens is 1. The Kier molecular flexibility index (Phi) is 7.41. The van der Waals surface area contributed by atoms with Gasteiger partial charge in [0.15, 0.2) is 0 Å². The lowest BCUT2D eigenvalue weighted by Gasteiger charge is -2.25. The van der Waals surface area contributed by atoms with Crippen molar-refractivity contribution in [2.75, 3.05) is 10.8 Å². The third-order valence-electron chi connectivity index (χ3n) is 5.26. The third-order valence-corrected chi connectivity index (χ3v) is 7.54. The van der Waals surface area contributed by atoms with Crippen LogP contribution in [0.2, 0.25) is 0 Å². The van der Waals surface area contributed by atoms with Crippen molar-refractivity contribution < 1.29 is 13.2 Å². The van der Waals surface area contributed by atoms with E-state index in [2.05, 4.69) is 27.3 Å². The maximum Gasteiger partial charge on any atom is 0.264 e. The number of hydrogen-bond acceptors (Lipinski definition) is 3. The lowest BCUT2D eigenvalue weighted by Crippen LogP contribution is -2.41. The van der Waals surface area contributed by atoms with Gasteiger partial charge in [-0.15, -0.1) is 0 Å². The monoisotopic (exact) mass is 514 g/mol. The standard InChI is InChI=1S/C25H27BrN2O3S/c1-17-8-11-23(12-9-17)32(30,31)28(22-7-5-6-21(26)15-22)16-25(29)27-20(4)24-13-10-18(2)14-19(24)3/h5-15,20H,16H2,1-4H3,(H,27,29)/t20-/m0/s1. The van der Waals surface area contributed by atoms with Crippen LogP contribution in [0.3, 0.4) is 0 Å². The van der Waals surface area contributed by atoms with Gasteiger partial charge in [0.25, 0.3) is 10.0 Å². The second kappa shape index (κ2) is 9.88. The predicted molar refractivity (Wildman–Crippen MR) is 132 cm³/mol. The molecule has 0 unspecified atom stereocenters. The first kappa shape index (κ1) is 24.0. The molecule has 32 heavy (non-hydrogen) atoms. The van der Waals surface area contributed by atoms with Gasteiger partial charge in [-0.25, -0.2) is 8.42 Å². The molecule has 0 aromatic heterocycles. The lowest BCUT2D eigenvalue weighted by molar-refractivity contribution is -0.120. The molecule has 7 heteroatoms. The van der Waals surface area contributed by atoms with Gasteiger partial charge in [-0.1, -0.05) is 63.5 Å². The number of benzene rings is 3. The zero-order valence-corrected chi connectivity index (χ0v) is 21.0. The second-order valence-corrected chi connectivity index (χ2v) is 10.7. The topological polar surface area (TPSA) is 66.5 Å². The molecular weight excluding hydrogens is 488 g/mol. The number of hydrogen-bond donors (Lipinski definition) is 1. The summed E-state index contributed by atoms with van der Waals surface area (Å²) in [7, 11) is -3.95. The van der Waals surface area contributed by atoms with E-state index in [1.165, 1.54) is 0 Å². The Labute approximate surface area is 198 Å². The van der Waals surface area contributed by atoms with Crippen molar-refractivity contribution in [3.63, 3.8) is 0 Å². The molecule has 3 aromatic carbocycles. The molecule has 0 spiro atoms. The number of nitrogens with zero attached hydrogens (tertiary/aromatic N) is 1. The van der Waals surface area contributed by atoms with Crippen LogP contribution < -0.4 is 9.62 Å². The summed E-state index contributed by atoms with van der Waals surface area (Å²) >= 11 is 3.39. The van der Waals surface area contributed by atoms with Crippen molar-refractivity contribution in [1.29, 1.82) is 0 Å². The maximum absolute atomic E-state index is 13.5. The summed E-state index contributed by atoms with van der Waals surface area (Å²) in [5.41, 5.74) is 4.59. The Morgan fingerprint density at radius 3 is 2.25 bits per heavy atom. The van der Waals surface area contributed by atoms with Gasteiger partial charge >= 0.3 is 0 Å². The van der Waals surface area contributed by atoms with E-state index < -0.39 is 10.0 Å². The zero-order chi connectivity index (χ0) is 23.5. The highest BCUT2D eigenvalue weighted by atomic mass is 79.9. The first-order chi connectivity index (χ1) is 15.1. The van der Waals surface area contributed by atoms with E-state index in [1.807, 2.05) is 45.9 Å². The smallest absolute Gasteiger partial charge is 0.264 e. The van der Waals surface area contributed by atoms with Crippen LogP contribution in [0.5, 0.6) is 0 Å². The zero-order valence-electron chi connectivity index (χ0n) is 18.6. The maximum atomic E-state index is 13.5. The van der Waals surface area contributed by atoms with Crippen LogP contribution in [-0.4, -0.2) is 20.9 Å². The number of anilines is 1. The molecule has 3 aromatic rings. The molecule has 0 bridgehead atoms. The number of carbonyl (C=O) groups is 1. The van der Waals surface area contributed by atoms with Crippen molar-refractivity contribution in [3.8, 4) is 0 Å². The van der Waals surface area contributed by atoms with Gasteiger partial charge in [0.2, 0.25) is 5.91 Å². The summed E-state index contributed by atoms with van der Waals surface area (Å²) in [5.74, 6) is -0.381. The normalized spacial score (nSPS) is 12.3. The molecule has 1 atom stereocenters. The molecule has 0 radical (unpaired) electrons. The van der Waals surface area contributed by atoms with E-state index in [1.54, 1.807) is 42.5 Å². The van der Waals surface area contributed by atoms with Crippen molar-refractivity contribution >= 4 is 37.5 Å². The highest BCUT2D eigenvalue weighted by Crippen LogP contribution is 2.27. The number of amides is 1. The molecule has 0 saturated carbocycles. The highest BCUT2D eigenvalue weighted by molar-refractivity contribution is 9.10. The minimum absolute atomic E-state index is 0.137. The van der Waals surface area contributed by atoms with Gasteiger partial charge in [0.1, 0.15) is 6.54 Å². The van der Waals surface area contributed by atoms with Crippen LogP contribution in [0.4, 0.5) is 5.69 Å². The Morgan fingerprint density at radius 1 is 0.969 bits per heavy atom. The van der Waals surface area contributed by atoms with Crippen LogP contribution >= 0.6 is 15.9 Å². The number of rotatable bonds is 7. The van der Waals surface area contributed by atoms with Crippen LogP contribution in [0, 0.1) is 20.8 Å². The number of nitrogens with one attached hydrogen (secondary N) is 1. The van der Waals surface area contributed by atoms with Gasteiger partial charge in [0.05, 0.1) is 16.6 Å². The molecule has 168 valence electrons. The lowest BCUT2D eigenvalue weighted by atomic mass is 10.0. The molecule has 1 N–H and O–H groups in total. The fraction of sp³-hybridized carbons (Fsp3) is 0.240. The van der Waals surface area contributed by atoms with E-state index >= 15 is 0 Å². The van der Waals surface area contributed by atoms with E-state index in [-0.39, 0.29) is 23.4 Å². The molecule has 3 rings (SSSR count). The van der Waals surface area contributed by atoms with Gasteiger partial charge < -0.3 is 5.32 Å². The first-order valence-electron chi connectivity index (χ1n) is 10.3. The second-order valence-electron chi connectivity index (χ2n) is 7.95. The molecule has 0 aliphatic heterocycles. The van der Waals surface area contributed by atoms with Crippen LogP contribution in [0.15, 0.2) is 76.1 Å². The van der Waals surface area contributed by atoms with Gasteiger partial charge in [-0.3, -0.25) is 9.10 Å². The Balaban J connectivity index is 1.90. The Hall–Kier alpha value is -2.64. The molecule has 1 amide bonds. The fourth-order valence-corrected chi connectivity index (χ4v) is 5.39. The van der Waals surface area contributed by atoms with E-state index in [9.17, 15) is 13.2 Å². The SMILES string of the molecule is Cc1ccc(S(=O)(=O)N(CC(=O)N[C@@H](C)c2ccc(C)cc2C)c2cccc(Br)c2)cc1. The highest BCUT2D eigenvalue weighted by Gasteiger charge is 2.28. The molecule has 0 heterocycles. The van der Waals surface area contributed by atoms with Gasteiger partial charge in [0, 0.05) is 4.47 Å². The van der Waals surface area contributed by atoms with Crippen molar-refractivity contribution in [2.45, 2.75) is 38.6 Å². The summed E-state index contributed by atoms with van der Waals surface area (Å²) in [4.78, 5) is 13.1. The van der Waals surface area contributed by atoms with Crippen LogP contribution in [-0.2, 0) is 14.8 Å². The van der Waals surface area contributed by atoms with Crippen LogP contribution in [0.25, 0.3) is 0 Å². The minimum Gasteiger partial charge on any atom is -0.348 e. The average molecular weight is 515 g/mol. The first-order valence-corrected chi connectivity index (χ1v) is 12.5. The Bertz CT molecular complexity index is 1220. The number of carbonyl (C=O) groups excluding carboxylic acids is 1. The predicted octanol–water partition coefficient (Wildman–Crippen LogP) is 5.45. The van der Waals surface area contributed by atoms with E-state index in [4.69, 9.17) is 0 Å². The quantitative estimate of drug-likeness (QED) is 0.455. The minimum atomic E-state index is -3.95. The van der Waals surface area contributed by atoms with Crippen molar-refractivity contribution in [2.24, 2.45) is 0 Å². The van der Waals surface area contributed by atoms with E-state index in [0.717, 1.165) is 31.0 Å². The summed E-state index contributed by atoms with van der Waals surface area (Å²) < 4.78 is 28.8. The number of sulfonamides is 1. The van der Waals surface area contributed by atoms with E-state index in [0.29, 0.717) is 5.69 Å². The third kappa shape index (κ3) is 5.58. The largest absolute Gasteiger partial charge is 0.348 e. The molecule has 5 nitrogen and oxygen atoms in total. The summed E-state index contributed by atoms with van der Waals surface area (Å²) in [6.45, 7) is 7.48.